The Labute approximate surface area is 119 Å². The minimum atomic E-state index is -1.63. The lowest BCUT2D eigenvalue weighted by molar-refractivity contribution is 0.108. The lowest BCUT2D eigenvalue weighted by atomic mass is 10.0. The van der Waals surface area contributed by atoms with Gasteiger partial charge < -0.3 is 4.74 Å². The van der Waals surface area contributed by atoms with Crippen LogP contribution in [0.2, 0.25) is 0 Å². The summed E-state index contributed by atoms with van der Waals surface area (Å²) < 4.78 is 25.1. The number of ether oxygens (including phenoxy) is 1. The molecule has 104 valence electrons. The van der Waals surface area contributed by atoms with Crippen LogP contribution < -0.4 is 5.48 Å². The van der Waals surface area contributed by atoms with Gasteiger partial charge in [-0.1, -0.05) is 36.4 Å². The van der Waals surface area contributed by atoms with Gasteiger partial charge in [0, 0.05) is 13.5 Å². The zero-order valence-corrected chi connectivity index (χ0v) is 11.7. The molecule has 0 spiro atoms. The van der Waals surface area contributed by atoms with Crippen molar-refractivity contribution in [3.63, 3.8) is 0 Å². The maximum Gasteiger partial charge on any atom is 0.309 e. The molecule has 0 radical (unpaired) electrons. The maximum absolute atomic E-state index is 11.0. The van der Waals surface area contributed by atoms with Crippen LogP contribution in [0.25, 0.3) is 10.8 Å². The van der Waals surface area contributed by atoms with Crippen molar-refractivity contribution in [2.24, 2.45) is 4.40 Å². The average Bonchev–Trinajstić information content (AvgIpc) is 2.89. The van der Waals surface area contributed by atoms with Crippen LogP contribution >= 0.6 is 0 Å². The standard InChI is InChI=1S/C14H14N2O3S/c1-18-13(9-14-15-19-20(17)16-14)12-7-6-10-4-2-3-5-11(10)8-12/h2-8,13H,9H2,1H3,(H,15,16)/t13-,20?/m1/s1. The van der Waals surface area contributed by atoms with E-state index in [1.54, 1.807) is 7.11 Å². The number of nitrogens with one attached hydrogen (secondary N) is 1. The fraction of sp³-hybridized carbons (Fsp3) is 0.214. The summed E-state index contributed by atoms with van der Waals surface area (Å²) in [6, 6.07) is 14.3. The highest BCUT2D eigenvalue weighted by molar-refractivity contribution is 7.79. The Morgan fingerprint density at radius 2 is 2.10 bits per heavy atom. The summed E-state index contributed by atoms with van der Waals surface area (Å²) >= 11 is -1.63. The molecule has 5 nitrogen and oxygen atoms in total. The summed E-state index contributed by atoms with van der Waals surface area (Å²) in [5, 5.41) is 2.35. The lowest BCUT2D eigenvalue weighted by Gasteiger charge is -2.15. The molecule has 0 bridgehead atoms. The molecule has 6 heteroatoms. The SMILES string of the molecule is CO[C@H](CC1=NS(=O)ON1)c1ccc2ccccc2c1. The molecule has 2 aromatic carbocycles. The topological polar surface area (TPSA) is 59.9 Å². The van der Waals surface area contributed by atoms with Gasteiger partial charge in [0.1, 0.15) is 5.84 Å². The number of benzene rings is 2. The predicted octanol–water partition coefficient (Wildman–Crippen LogP) is 2.43. The van der Waals surface area contributed by atoms with Crippen LogP contribution in [0.5, 0.6) is 0 Å². The molecular weight excluding hydrogens is 276 g/mol. The molecule has 2 atom stereocenters. The Morgan fingerprint density at radius 3 is 2.80 bits per heavy atom. The van der Waals surface area contributed by atoms with E-state index in [2.05, 4.69) is 38.4 Å². The van der Waals surface area contributed by atoms with Crippen LogP contribution in [0.3, 0.4) is 0 Å². The highest BCUT2D eigenvalue weighted by Gasteiger charge is 2.19. The van der Waals surface area contributed by atoms with Crippen LogP contribution in [-0.2, 0) is 20.3 Å². The molecular formula is C14H14N2O3S. The van der Waals surface area contributed by atoms with E-state index >= 15 is 0 Å². The quantitative estimate of drug-likeness (QED) is 0.939. The molecule has 1 aliphatic heterocycles. The molecule has 1 N–H and O–H groups in total. The highest BCUT2D eigenvalue weighted by Crippen LogP contribution is 2.25. The second kappa shape index (κ2) is 5.70. The van der Waals surface area contributed by atoms with Crippen molar-refractivity contribution >= 4 is 27.9 Å². The number of hydrogen-bond donors (Lipinski definition) is 1. The van der Waals surface area contributed by atoms with E-state index in [9.17, 15) is 4.21 Å². The summed E-state index contributed by atoms with van der Waals surface area (Å²) in [5.41, 5.74) is 3.60. The van der Waals surface area contributed by atoms with E-state index in [1.807, 2.05) is 18.2 Å². The number of rotatable bonds is 4. The van der Waals surface area contributed by atoms with Gasteiger partial charge in [-0.25, -0.2) is 9.69 Å². The first-order valence-electron chi connectivity index (χ1n) is 6.20. The molecule has 0 aromatic heterocycles. The zero-order chi connectivity index (χ0) is 13.9. The second-order valence-electron chi connectivity index (χ2n) is 4.48. The first-order chi connectivity index (χ1) is 9.76. The number of methoxy groups -OCH3 is 1. The Hall–Kier alpha value is -1.76. The highest BCUT2D eigenvalue weighted by atomic mass is 32.2. The normalized spacial score (nSPS) is 19.6. The van der Waals surface area contributed by atoms with Crippen LogP contribution in [0, 0.1) is 0 Å². The molecule has 20 heavy (non-hydrogen) atoms. The molecule has 1 heterocycles. The maximum atomic E-state index is 11.0. The Bertz CT molecular complexity index is 687. The van der Waals surface area contributed by atoms with Crippen LogP contribution in [0.1, 0.15) is 18.1 Å². The van der Waals surface area contributed by atoms with Crippen LogP contribution in [0.15, 0.2) is 46.9 Å². The summed E-state index contributed by atoms with van der Waals surface area (Å²) in [4.78, 5) is 0. The third-order valence-electron chi connectivity index (χ3n) is 3.22. The Morgan fingerprint density at radius 1 is 1.30 bits per heavy atom. The van der Waals surface area contributed by atoms with Gasteiger partial charge in [-0.15, -0.1) is 4.40 Å². The summed E-state index contributed by atoms with van der Waals surface area (Å²) in [6.07, 6.45) is 0.324. The summed E-state index contributed by atoms with van der Waals surface area (Å²) in [7, 11) is 1.65. The van der Waals surface area contributed by atoms with Crippen molar-refractivity contribution in [2.75, 3.05) is 7.11 Å². The number of fused-ring (bicyclic) bond motifs is 1. The fourth-order valence-corrected chi connectivity index (χ4v) is 2.71. The number of hydroxylamine groups is 1. The van der Waals surface area contributed by atoms with E-state index in [1.165, 1.54) is 5.39 Å². The summed E-state index contributed by atoms with van der Waals surface area (Å²) in [6.45, 7) is 0. The van der Waals surface area contributed by atoms with E-state index in [0.29, 0.717) is 12.3 Å². The first-order valence-corrected chi connectivity index (χ1v) is 7.24. The Balaban J connectivity index is 1.87. The van der Waals surface area contributed by atoms with E-state index in [4.69, 9.17) is 4.74 Å². The smallest absolute Gasteiger partial charge is 0.309 e. The lowest BCUT2D eigenvalue weighted by Crippen LogP contribution is -2.20. The van der Waals surface area contributed by atoms with Crippen molar-refractivity contribution in [1.29, 1.82) is 0 Å². The van der Waals surface area contributed by atoms with Crippen molar-refractivity contribution in [2.45, 2.75) is 12.5 Å². The van der Waals surface area contributed by atoms with Gasteiger partial charge in [0.2, 0.25) is 0 Å². The molecule has 0 amide bonds. The number of hydrogen-bond acceptors (Lipinski definition) is 4. The minimum absolute atomic E-state index is 0.162. The van der Waals surface area contributed by atoms with Gasteiger partial charge in [0.15, 0.2) is 0 Å². The largest absolute Gasteiger partial charge is 0.376 e. The van der Waals surface area contributed by atoms with Gasteiger partial charge in [-0.05, 0) is 22.4 Å². The van der Waals surface area contributed by atoms with E-state index < -0.39 is 11.3 Å². The van der Waals surface area contributed by atoms with Gasteiger partial charge in [-0.2, -0.15) is 4.28 Å². The third-order valence-corrected chi connectivity index (χ3v) is 3.82. The average molecular weight is 290 g/mol. The molecule has 3 rings (SSSR count). The molecule has 0 saturated heterocycles. The molecule has 0 aliphatic carbocycles. The first kappa shape index (κ1) is 13.2. The van der Waals surface area contributed by atoms with Crippen molar-refractivity contribution in [3.8, 4) is 0 Å². The van der Waals surface area contributed by atoms with Gasteiger partial charge in [0.25, 0.3) is 0 Å². The molecule has 1 unspecified atom stereocenters. The number of amidine groups is 1. The van der Waals surface area contributed by atoms with Crippen molar-refractivity contribution < 1.29 is 13.2 Å². The van der Waals surface area contributed by atoms with Gasteiger partial charge in [-0.3, -0.25) is 0 Å². The monoisotopic (exact) mass is 290 g/mol. The number of nitrogens with zero attached hydrogens (tertiary/aromatic N) is 1. The summed E-state index contributed by atoms with van der Waals surface area (Å²) in [5.74, 6) is 0.531. The molecule has 0 fully saturated rings. The second-order valence-corrected chi connectivity index (χ2v) is 5.26. The van der Waals surface area contributed by atoms with Crippen molar-refractivity contribution in [3.05, 3.63) is 48.0 Å². The fourth-order valence-electron chi connectivity index (χ4n) is 2.21. The van der Waals surface area contributed by atoms with E-state index in [-0.39, 0.29) is 6.10 Å². The van der Waals surface area contributed by atoms with Crippen molar-refractivity contribution in [1.82, 2.24) is 5.48 Å². The van der Waals surface area contributed by atoms with Crippen LogP contribution in [0.4, 0.5) is 0 Å². The van der Waals surface area contributed by atoms with Gasteiger partial charge in [0.05, 0.1) is 6.10 Å². The molecule has 1 aliphatic rings. The minimum Gasteiger partial charge on any atom is -0.376 e. The molecule has 0 saturated carbocycles. The van der Waals surface area contributed by atoms with Gasteiger partial charge >= 0.3 is 11.3 Å². The third kappa shape index (κ3) is 2.72. The zero-order valence-electron chi connectivity index (χ0n) is 10.9. The predicted molar refractivity (Wildman–Crippen MR) is 78.1 cm³/mol. The van der Waals surface area contributed by atoms with E-state index in [0.717, 1.165) is 10.9 Å². The van der Waals surface area contributed by atoms with Crippen LogP contribution in [-0.4, -0.2) is 17.2 Å². The Kier molecular flexibility index (Phi) is 3.77. The molecule has 2 aromatic rings.